The van der Waals surface area contributed by atoms with Crippen LogP contribution in [0.5, 0.6) is 11.6 Å². The molecule has 1 amide bonds. The van der Waals surface area contributed by atoms with Crippen molar-refractivity contribution in [3.63, 3.8) is 0 Å². The number of benzene rings is 3. The third-order valence-corrected chi connectivity index (χ3v) is 5.66. The maximum absolute atomic E-state index is 13.1. The molecule has 7 nitrogen and oxygen atoms in total. The molecule has 0 aliphatic rings. The number of nitrogens with one attached hydrogen (secondary N) is 1. The number of nitrogens with zero attached hydrogens (tertiary/aromatic N) is 1. The summed E-state index contributed by atoms with van der Waals surface area (Å²) in [5.74, 6) is -0.0233. The third-order valence-electron chi connectivity index (χ3n) is 5.66. The van der Waals surface area contributed by atoms with E-state index in [4.69, 9.17) is 14.2 Å². The number of amides is 1. The van der Waals surface area contributed by atoms with Crippen molar-refractivity contribution in [3.05, 3.63) is 77.9 Å². The number of pyridine rings is 1. The number of fused-ring (bicyclic) bond motifs is 2. The van der Waals surface area contributed by atoms with Crippen molar-refractivity contribution < 1.29 is 23.8 Å². The van der Waals surface area contributed by atoms with Gasteiger partial charge in [0.25, 0.3) is 5.91 Å². The molecule has 0 bridgehead atoms. The molecule has 0 unspecified atom stereocenters. The minimum Gasteiger partial charge on any atom is -0.493 e. The van der Waals surface area contributed by atoms with E-state index in [9.17, 15) is 9.59 Å². The van der Waals surface area contributed by atoms with Gasteiger partial charge in [-0.05, 0) is 48.4 Å². The average Bonchev–Trinajstić information content (AvgIpc) is 2.90. The van der Waals surface area contributed by atoms with E-state index in [1.807, 2.05) is 60.7 Å². The number of carbonyl (C=O) groups is 2. The predicted octanol–water partition coefficient (Wildman–Crippen LogP) is 5.55. The Morgan fingerprint density at radius 2 is 1.53 bits per heavy atom. The molecular formula is C29H30N2O5. The molecule has 0 saturated heterocycles. The molecule has 0 saturated carbocycles. The second-order valence-corrected chi connectivity index (χ2v) is 8.26. The first-order valence-corrected chi connectivity index (χ1v) is 12.2. The minimum absolute atomic E-state index is 0.128. The Morgan fingerprint density at radius 3 is 2.28 bits per heavy atom. The maximum Gasteiger partial charge on any atom is 0.343 e. The summed E-state index contributed by atoms with van der Waals surface area (Å²) in [4.78, 5) is 30.0. The summed E-state index contributed by atoms with van der Waals surface area (Å²) in [6.07, 6.45) is 1.91. The minimum atomic E-state index is -0.500. The van der Waals surface area contributed by atoms with Crippen molar-refractivity contribution in [1.82, 2.24) is 10.3 Å². The second kappa shape index (κ2) is 12.0. The lowest BCUT2D eigenvalue weighted by Gasteiger charge is -2.14. The Balaban J connectivity index is 1.46. The van der Waals surface area contributed by atoms with Gasteiger partial charge in [0.05, 0.1) is 30.8 Å². The van der Waals surface area contributed by atoms with Gasteiger partial charge in [0.1, 0.15) is 17.9 Å². The van der Waals surface area contributed by atoms with Crippen molar-refractivity contribution >= 4 is 33.6 Å². The number of ether oxygens (including phenoxy) is 3. The molecule has 4 rings (SSSR count). The van der Waals surface area contributed by atoms with Crippen LogP contribution in [0.4, 0.5) is 0 Å². The van der Waals surface area contributed by atoms with E-state index < -0.39 is 5.97 Å². The number of rotatable bonds is 11. The summed E-state index contributed by atoms with van der Waals surface area (Å²) < 4.78 is 16.9. The number of aromatic nitrogens is 1. The van der Waals surface area contributed by atoms with Crippen LogP contribution in [0, 0.1) is 0 Å². The molecule has 1 N–H and O–H groups in total. The van der Waals surface area contributed by atoms with E-state index in [1.54, 1.807) is 13.0 Å². The fraction of sp³-hybridized carbons (Fsp3) is 0.276. The quantitative estimate of drug-likeness (QED) is 0.221. The van der Waals surface area contributed by atoms with E-state index in [-0.39, 0.29) is 37.1 Å². The molecule has 0 spiro atoms. The van der Waals surface area contributed by atoms with Gasteiger partial charge >= 0.3 is 5.97 Å². The van der Waals surface area contributed by atoms with Crippen LogP contribution < -0.4 is 14.8 Å². The lowest BCUT2D eigenvalue weighted by Crippen LogP contribution is -2.29. The molecule has 36 heavy (non-hydrogen) atoms. The van der Waals surface area contributed by atoms with E-state index >= 15 is 0 Å². The van der Waals surface area contributed by atoms with Gasteiger partial charge in [-0.3, -0.25) is 4.79 Å². The van der Waals surface area contributed by atoms with E-state index in [2.05, 4.69) is 17.2 Å². The van der Waals surface area contributed by atoms with Crippen LogP contribution in [-0.4, -0.2) is 43.2 Å². The molecule has 0 aliphatic heterocycles. The first-order chi connectivity index (χ1) is 17.6. The maximum atomic E-state index is 13.1. The topological polar surface area (TPSA) is 86.8 Å². The van der Waals surface area contributed by atoms with Crippen molar-refractivity contribution in [3.8, 4) is 11.6 Å². The van der Waals surface area contributed by atoms with Gasteiger partial charge < -0.3 is 19.5 Å². The summed E-state index contributed by atoms with van der Waals surface area (Å²) in [6.45, 7) is 4.97. The van der Waals surface area contributed by atoms with Gasteiger partial charge in [-0.15, -0.1) is 0 Å². The zero-order valence-electron chi connectivity index (χ0n) is 20.6. The number of hydrogen-bond acceptors (Lipinski definition) is 6. The number of esters is 1. The largest absolute Gasteiger partial charge is 0.493 e. The smallest absolute Gasteiger partial charge is 0.343 e. The van der Waals surface area contributed by atoms with E-state index in [0.717, 1.165) is 29.0 Å². The number of para-hydroxylation sites is 1. The van der Waals surface area contributed by atoms with Crippen molar-refractivity contribution in [2.45, 2.75) is 26.7 Å². The van der Waals surface area contributed by atoms with Gasteiger partial charge in [0, 0.05) is 5.39 Å². The average molecular weight is 487 g/mol. The molecule has 0 atom stereocenters. The van der Waals surface area contributed by atoms with Crippen LogP contribution >= 0.6 is 0 Å². The summed E-state index contributed by atoms with van der Waals surface area (Å²) in [5, 5.41) is 5.67. The first-order valence-electron chi connectivity index (χ1n) is 12.2. The Hall–Kier alpha value is -4.13. The van der Waals surface area contributed by atoms with Crippen LogP contribution in [0.2, 0.25) is 0 Å². The Bertz CT molecular complexity index is 1370. The fourth-order valence-electron chi connectivity index (χ4n) is 3.81. The highest BCUT2D eigenvalue weighted by Gasteiger charge is 2.18. The molecule has 1 heterocycles. The SMILES string of the molecule is CCCCOc1cc2ccccc2cc1C(=O)NCCOc1nc2ccccc2cc1C(=O)OCC. The lowest BCUT2D eigenvalue weighted by atomic mass is 10.1. The van der Waals surface area contributed by atoms with Gasteiger partial charge in [0.15, 0.2) is 0 Å². The van der Waals surface area contributed by atoms with Crippen molar-refractivity contribution in [2.75, 3.05) is 26.4 Å². The van der Waals surface area contributed by atoms with Gasteiger partial charge in [-0.1, -0.05) is 55.8 Å². The van der Waals surface area contributed by atoms with E-state index in [0.29, 0.717) is 23.4 Å². The highest BCUT2D eigenvalue weighted by Crippen LogP contribution is 2.27. The van der Waals surface area contributed by atoms with Crippen molar-refractivity contribution in [1.29, 1.82) is 0 Å². The van der Waals surface area contributed by atoms with Crippen molar-refractivity contribution in [2.24, 2.45) is 0 Å². The summed E-state index contributed by atoms with van der Waals surface area (Å²) >= 11 is 0. The van der Waals surface area contributed by atoms with Gasteiger partial charge in [-0.2, -0.15) is 0 Å². The summed E-state index contributed by atoms with van der Waals surface area (Å²) in [5.41, 5.74) is 1.43. The number of hydrogen-bond donors (Lipinski definition) is 1. The molecule has 0 aliphatic carbocycles. The highest BCUT2D eigenvalue weighted by atomic mass is 16.5. The molecule has 4 aromatic rings. The van der Waals surface area contributed by atoms with Gasteiger partial charge in [-0.25, -0.2) is 9.78 Å². The first kappa shape index (κ1) is 25.0. The zero-order valence-corrected chi connectivity index (χ0v) is 20.6. The van der Waals surface area contributed by atoms with Gasteiger partial charge in [0.2, 0.25) is 5.88 Å². The van der Waals surface area contributed by atoms with Crippen LogP contribution in [0.25, 0.3) is 21.7 Å². The van der Waals surface area contributed by atoms with Crippen LogP contribution in [-0.2, 0) is 4.74 Å². The predicted molar refractivity (Wildman–Crippen MR) is 140 cm³/mol. The molecule has 7 heteroatoms. The molecule has 1 aromatic heterocycles. The second-order valence-electron chi connectivity index (χ2n) is 8.26. The number of unbranched alkanes of at least 4 members (excludes halogenated alkanes) is 1. The molecule has 0 radical (unpaired) electrons. The molecule has 186 valence electrons. The Morgan fingerprint density at radius 1 is 0.833 bits per heavy atom. The molecular weight excluding hydrogens is 456 g/mol. The van der Waals surface area contributed by atoms with E-state index in [1.165, 1.54) is 0 Å². The molecule has 0 fully saturated rings. The number of carbonyl (C=O) groups excluding carboxylic acids is 2. The summed E-state index contributed by atoms with van der Waals surface area (Å²) in [6, 6.07) is 20.8. The fourth-order valence-corrected chi connectivity index (χ4v) is 3.81. The van der Waals surface area contributed by atoms with Crippen LogP contribution in [0.3, 0.4) is 0 Å². The zero-order chi connectivity index (χ0) is 25.3. The summed E-state index contributed by atoms with van der Waals surface area (Å²) in [7, 11) is 0. The Labute approximate surface area is 210 Å². The Kier molecular flexibility index (Phi) is 8.34. The lowest BCUT2D eigenvalue weighted by molar-refractivity contribution is 0.0520. The normalized spacial score (nSPS) is 10.8. The van der Waals surface area contributed by atoms with Crippen LogP contribution in [0.15, 0.2) is 66.7 Å². The molecule has 3 aromatic carbocycles. The van der Waals surface area contributed by atoms with Crippen LogP contribution in [0.1, 0.15) is 47.4 Å². The monoisotopic (exact) mass is 486 g/mol. The third kappa shape index (κ3) is 5.92. The highest BCUT2D eigenvalue weighted by molar-refractivity contribution is 6.01. The standard InChI is InChI=1S/C29H30N2O5/c1-3-5-15-35-26-19-21-11-7-6-10-20(21)17-23(26)27(32)30-14-16-36-28-24(29(33)34-4-2)18-22-12-8-9-13-25(22)31-28/h6-13,17-19H,3-5,14-16H2,1-2H3,(H,30,32).